The van der Waals surface area contributed by atoms with Crippen LogP contribution in [-0.4, -0.2) is 83.6 Å². The van der Waals surface area contributed by atoms with E-state index in [1.54, 1.807) is 11.0 Å². The molecule has 12 heteroatoms. The number of amides is 1. The van der Waals surface area contributed by atoms with Crippen molar-refractivity contribution in [3.8, 4) is 6.01 Å². The van der Waals surface area contributed by atoms with Crippen LogP contribution in [0.2, 0.25) is 0 Å². The van der Waals surface area contributed by atoms with Crippen LogP contribution in [0.1, 0.15) is 48.1 Å². The second kappa shape index (κ2) is 11.0. The van der Waals surface area contributed by atoms with E-state index in [-0.39, 0.29) is 29.3 Å². The van der Waals surface area contributed by atoms with E-state index in [9.17, 15) is 22.4 Å². The molecular weight excluding hydrogens is 552 g/mol. The van der Waals surface area contributed by atoms with Gasteiger partial charge in [0.1, 0.15) is 12.4 Å². The van der Waals surface area contributed by atoms with Crippen molar-refractivity contribution in [2.24, 2.45) is 0 Å². The predicted octanol–water partition coefficient (Wildman–Crippen LogP) is 4.51. The molecule has 0 atom stereocenters. The molecule has 5 heterocycles. The molecule has 3 fully saturated rings. The molecule has 4 aliphatic rings. The highest BCUT2D eigenvalue weighted by molar-refractivity contribution is 5.90. The van der Waals surface area contributed by atoms with E-state index in [0.717, 1.165) is 44.3 Å². The third-order valence-corrected chi connectivity index (χ3v) is 9.28. The van der Waals surface area contributed by atoms with E-state index in [0.29, 0.717) is 57.3 Å². The number of piperazine rings is 1. The van der Waals surface area contributed by atoms with Crippen molar-refractivity contribution in [2.45, 2.75) is 57.3 Å². The first kappa shape index (κ1) is 28.7. The zero-order valence-corrected chi connectivity index (χ0v) is 23.9. The van der Waals surface area contributed by atoms with E-state index in [4.69, 9.17) is 14.7 Å². The molecule has 4 aliphatic heterocycles. The van der Waals surface area contributed by atoms with Crippen LogP contribution in [0.4, 0.5) is 29.1 Å². The van der Waals surface area contributed by atoms with E-state index < -0.39 is 23.5 Å². The maximum Gasteiger partial charge on any atom is 0.418 e. The second-order valence-electron chi connectivity index (χ2n) is 11.8. The monoisotopic (exact) mass is 588 g/mol. The Morgan fingerprint density at radius 1 is 1.02 bits per heavy atom. The Hall–Kier alpha value is -3.41. The van der Waals surface area contributed by atoms with Crippen LogP contribution in [-0.2, 0) is 23.9 Å². The fraction of sp³-hybridized carbons (Fsp3) is 0.567. The summed E-state index contributed by atoms with van der Waals surface area (Å²) in [7, 11) is 0. The lowest BCUT2D eigenvalue weighted by atomic mass is 9.95. The molecule has 0 N–H and O–H groups in total. The minimum atomic E-state index is -4.48. The van der Waals surface area contributed by atoms with Gasteiger partial charge in [-0.3, -0.25) is 9.69 Å². The van der Waals surface area contributed by atoms with Crippen LogP contribution in [0, 0.1) is 6.92 Å². The van der Waals surface area contributed by atoms with E-state index in [2.05, 4.69) is 11.5 Å². The fourth-order valence-corrected chi connectivity index (χ4v) is 7.16. The summed E-state index contributed by atoms with van der Waals surface area (Å²) in [6.45, 7) is 9.21. The van der Waals surface area contributed by atoms with Gasteiger partial charge >= 0.3 is 12.2 Å². The standard InChI is InChI=1S/C30H36F4N6O2/c1-20-6-3-7-24(25(20)30(32,33)34)39-13-8-22-23(18-39)35-28(42-19-29-9-4-11-40(29)12-5-10-29)36-26(22)37-14-16-38(17-15-37)27(41)21(2)31/h3,6-7H,2,4-5,8-19H2,1H3. The highest BCUT2D eigenvalue weighted by atomic mass is 19.4. The third-order valence-electron chi connectivity index (χ3n) is 9.28. The number of ether oxygens (including phenoxy) is 1. The van der Waals surface area contributed by atoms with Crippen molar-refractivity contribution >= 4 is 17.4 Å². The van der Waals surface area contributed by atoms with Gasteiger partial charge in [0.25, 0.3) is 5.91 Å². The van der Waals surface area contributed by atoms with Crippen LogP contribution in [0.15, 0.2) is 30.6 Å². The van der Waals surface area contributed by atoms with Crippen LogP contribution in [0.3, 0.4) is 0 Å². The Bertz CT molecular complexity index is 1360. The first-order valence-electron chi connectivity index (χ1n) is 14.6. The smallest absolute Gasteiger partial charge is 0.418 e. The van der Waals surface area contributed by atoms with E-state index in [1.165, 1.54) is 24.0 Å². The van der Waals surface area contributed by atoms with Gasteiger partial charge < -0.3 is 19.4 Å². The number of carbonyl (C=O) groups is 1. The molecule has 0 saturated carbocycles. The maximum absolute atomic E-state index is 14.1. The zero-order chi connectivity index (χ0) is 29.6. The molecule has 1 aromatic carbocycles. The predicted molar refractivity (Wildman–Crippen MR) is 150 cm³/mol. The number of hydrogen-bond acceptors (Lipinski definition) is 7. The summed E-state index contributed by atoms with van der Waals surface area (Å²) >= 11 is 0. The van der Waals surface area contributed by atoms with Crippen LogP contribution < -0.4 is 14.5 Å². The molecular formula is C30H36F4N6O2. The first-order valence-corrected chi connectivity index (χ1v) is 14.6. The second-order valence-corrected chi connectivity index (χ2v) is 11.8. The number of aryl methyl sites for hydroxylation is 1. The number of halogens is 4. The van der Waals surface area contributed by atoms with Crippen LogP contribution in [0.25, 0.3) is 0 Å². The van der Waals surface area contributed by atoms with Gasteiger partial charge in [0.2, 0.25) is 0 Å². The molecule has 226 valence electrons. The first-order chi connectivity index (χ1) is 20.1. The summed E-state index contributed by atoms with van der Waals surface area (Å²) in [5.41, 5.74) is 1.18. The van der Waals surface area contributed by atoms with Crippen molar-refractivity contribution < 1.29 is 27.1 Å². The SMILES string of the molecule is C=C(F)C(=O)N1CCN(c2nc(OCC34CCCN3CCC4)nc3c2CCN(c2cccc(C)c2C(F)(F)F)C3)CC1. The van der Waals surface area contributed by atoms with Crippen LogP contribution in [0.5, 0.6) is 6.01 Å². The zero-order valence-electron chi connectivity index (χ0n) is 23.9. The largest absolute Gasteiger partial charge is 0.461 e. The molecule has 0 radical (unpaired) electrons. The lowest BCUT2D eigenvalue weighted by molar-refractivity contribution is -0.137. The molecule has 2 aromatic rings. The quantitative estimate of drug-likeness (QED) is 0.364. The lowest BCUT2D eigenvalue weighted by Gasteiger charge is -2.38. The molecule has 1 amide bonds. The van der Waals surface area contributed by atoms with Crippen molar-refractivity contribution in [2.75, 3.05) is 62.2 Å². The summed E-state index contributed by atoms with van der Waals surface area (Å²) in [4.78, 5) is 29.4. The van der Waals surface area contributed by atoms with Gasteiger partial charge in [-0.05, 0) is 63.7 Å². The number of nitrogens with zero attached hydrogens (tertiary/aromatic N) is 6. The Morgan fingerprint density at radius 2 is 1.74 bits per heavy atom. The Labute approximate surface area is 242 Å². The number of rotatable bonds is 6. The van der Waals surface area contributed by atoms with Gasteiger partial charge in [-0.2, -0.15) is 23.1 Å². The summed E-state index contributed by atoms with van der Waals surface area (Å²) < 4.78 is 62.0. The molecule has 0 unspecified atom stereocenters. The molecule has 3 saturated heterocycles. The summed E-state index contributed by atoms with van der Waals surface area (Å²) in [6, 6.07) is 4.86. The van der Waals surface area contributed by atoms with Crippen LogP contribution >= 0.6 is 0 Å². The third kappa shape index (κ3) is 5.29. The average Bonchev–Trinajstić information content (AvgIpc) is 3.55. The van der Waals surface area contributed by atoms with Gasteiger partial charge in [0.05, 0.1) is 23.3 Å². The average molecular weight is 589 g/mol. The van der Waals surface area contributed by atoms with Crippen molar-refractivity contribution in [3.63, 3.8) is 0 Å². The van der Waals surface area contributed by atoms with Gasteiger partial charge in [0.15, 0.2) is 5.83 Å². The Morgan fingerprint density at radius 3 is 2.40 bits per heavy atom. The van der Waals surface area contributed by atoms with E-state index >= 15 is 0 Å². The van der Waals surface area contributed by atoms with Crippen molar-refractivity contribution in [3.05, 3.63) is 53.0 Å². The van der Waals surface area contributed by atoms with Gasteiger partial charge in [-0.25, -0.2) is 4.39 Å². The molecule has 8 nitrogen and oxygen atoms in total. The number of hydrogen-bond donors (Lipinski definition) is 0. The van der Waals surface area contributed by atoms with Gasteiger partial charge in [-0.15, -0.1) is 0 Å². The highest BCUT2D eigenvalue weighted by Gasteiger charge is 2.45. The molecule has 6 rings (SSSR count). The number of anilines is 2. The van der Waals surface area contributed by atoms with Gasteiger partial charge in [-0.1, -0.05) is 18.7 Å². The fourth-order valence-electron chi connectivity index (χ4n) is 7.16. The summed E-state index contributed by atoms with van der Waals surface area (Å²) in [5.74, 6) is -1.02. The molecule has 0 aliphatic carbocycles. The topological polar surface area (TPSA) is 65.0 Å². The highest BCUT2D eigenvalue weighted by Crippen LogP contribution is 2.42. The van der Waals surface area contributed by atoms with E-state index in [1.807, 2.05) is 4.90 Å². The molecule has 0 bridgehead atoms. The van der Waals surface area contributed by atoms with Gasteiger partial charge in [0, 0.05) is 44.0 Å². The number of alkyl halides is 3. The number of benzene rings is 1. The van der Waals surface area contributed by atoms with Crippen molar-refractivity contribution in [1.29, 1.82) is 0 Å². The molecule has 0 spiro atoms. The molecule has 42 heavy (non-hydrogen) atoms. The number of carbonyl (C=O) groups excluding carboxylic acids is 1. The lowest BCUT2D eigenvalue weighted by Crippen LogP contribution is -2.49. The maximum atomic E-state index is 14.1. The minimum absolute atomic E-state index is 0.0185. The Balaban J connectivity index is 1.31. The van der Waals surface area contributed by atoms with Crippen molar-refractivity contribution in [1.82, 2.24) is 19.8 Å². The summed E-state index contributed by atoms with van der Waals surface area (Å²) in [5, 5.41) is 0. The number of fused-ring (bicyclic) bond motifs is 2. The summed E-state index contributed by atoms with van der Waals surface area (Å²) in [6.07, 6.45) is 0.335. The normalized spacial score (nSPS) is 20.5. The number of aromatic nitrogens is 2. The molecule has 1 aromatic heterocycles. The minimum Gasteiger partial charge on any atom is -0.461 e. The Kier molecular flexibility index (Phi) is 7.53.